The number of aromatic nitrogens is 2. The summed E-state index contributed by atoms with van der Waals surface area (Å²) in [5.41, 5.74) is 2.16. The predicted molar refractivity (Wildman–Crippen MR) is 100 cm³/mol. The van der Waals surface area contributed by atoms with Crippen molar-refractivity contribution in [3.63, 3.8) is 0 Å². The van der Waals surface area contributed by atoms with Crippen LogP contribution < -0.4 is 10.1 Å². The second kappa shape index (κ2) is 8.15. The van der Waals surface area contributed by atoms with Gasteiger partial charge in [-0.2, -0.15) is 5.26 Å². The van der Waals surface area contributed by atoms with Gasteiger partial charge in [-0.1, -0.05) is 18.2 Å². The van der Waals surface area contributed by atoms with Gasteiger partial charge in [-0.15, -0.1) is 0 Å². The van der Waals surface area contributed by atoms with Crippen LogP contribution in [0.2, 0.25) is 0 Å². The number of methoxy groups -OCH3 is 1. The number of Topliss-reactive ketones (excluding diaryl/α,β-unsaturated/α-hetero) is 1. The van der Waals surface area contributed by atoms with Crippen LogP contribution in [0, 0.1) is 17.2 Å². The molecule has 0 spiro atoms. The molecule has 0 saturated carbocycles. The molecule has 1 unspecified atom stereocenters. The number of nitrogens with one attached hydrogen (secondary N) is 2. The summed E-state index contributed by atoms with van der Waals surface area (Å²) in [5, 5.41) is 11.9. The van der Waals surface area contributed by atoms with Crippen molar-refractivity contribution in [2.24, 2.45) is 5.92 Å². The first-order valence-corrected chi connectivity index (χ1v) is 8.41. The largest absolute Gasteiger partial charge is 0.497 e. The summed E-state index contributed by atoms with van der Waals surface area (Å²) < 4.78 is 5.09. The fourth-order valence-corrected chi connectivity index (χ4v) is 2.70. The molecule has 136 valence electrons. The Bertz CT molecular complexity index is 986. The molecule has 0 radical (unpaired) electrons. The molecule has 1 atom stereocenters. The molecule has 27 heavy (non-hydrogen) atoms. The number of carbonyl (C=O) groups excluding carboxylic acids is 2. The molecule has 3 aromatic rings. The van der Waals surface area contributed by atoms with E-state index in [2.05, 4.69) is 15.3 Å². The Morgan fingerprint density at radius 2 is 2.07 bits per heavy atom. The highest BCUT2D eigenvalue weighted by molar-refractivity contribution is 6.09. The lowest BCUT2D eigenvalue weighted by Crippen LogP contribution is -2.28. The van der Waals surface area contributed by atoms with Crippen LogP contribution in [0.4, 0.5) is 5.69 Å². The van der Waals surface area contributed by atoms with Gasteiger partial charge in [0.05, 0.1) is 24.2 Å². The predicted octanol–water partition coefficient (Wildman–Crippen LogP) is 2.85. The minimum absolute atomic E-state index is 0.0452. The first-order valence-electron chi connectivity index (χ1n) is 8.41. The Morgan fingerprint density at radius 3 is 2.81 bits per heavy atom. The number of nitrogens with zero attached hydrogens (tertiary/aromatic N) is 2. The Hall–Kier alpha value is -3.66. The highest BCUT2D eigenvalue weighted by Gasteiger charge is 2.26. The van der Waals surface area contributed by atoms with E-state index >= 15 is 0 Å². The third-order valence-electron chi connectivity index (χ3n) is 4.10. The van der Waals surface area contributed by atoms with Gasteiger partial charge in [-0.05, 0) is 24.3 Å². The Labute approximate surface area is 156 Å². The lowest BCUT2D eigenvalue weighted by atomic mass is 10.0. The number of aryl methyl sites for hydroxylation is 1. The quantitative estimate of drug-likeness (QED) is 0.628. The van der Waals surface area contributed by atoms with Crippen LogP contribution >= 0.6 is 0 Å². The molecule has 0 fully saturated rings. The molecule has 7 nitrogen and oxygen atoms in total. The maximum absolute atomic E-state index is 12.4. The molecule has 1 aromatic heterocycles. The number of H-pyrrole nitrogens is 1. The molecule has 2 aromatic carbocycles. The monoisotopic (exact) mass is 362 g/mol. The minimum atomic E-state index is -1.37. The van der Waals surface area contributed by atoms with Gasteiger partial charge in [-0.25, -0.2) is 4.98 Å². The molecule has 3 rings (SSSR count). The SMILES string of the molecule is COc1cccc(NC(=O)C(C#N)C(=O)CCc2nc3ccccc3[nH]2)c1. The molecular weight excluding hydrogens is 344 g/mol. The number of fused-ring (bicyclic) bond motifs is 1. The van der Waals surface area contributed by atoms with Crippen molar-refractivity contribution in [1.82, 2.24) is 9.97 Å². The fourth-order valence-electron chi connectivity index (χ4n) is 2.70. The molecule has 7 heteroatoms. The number of ketones is 1. The summed E-state index contributed by atoms with van der Waals surface area (Å²) in [5.74, 6) is -1.26. The van der Waals surface area contributed by atoms with Crippen molar-refractivity contribution in [3.05, 3.63) is 54.4 Å². The van der Waals surface area contributed by atoms with Crippen LogP contribution in [-0.4, -0.2) is 28.8 Å². The van der Waals surface area contributed by atoms with Crippen molar-refractivity contribution in [3.8, 4) is 11.8 Å². The first kappa shape index (κ1) is 18.1. The number of amides is 1. The number of carbonyl (C=O) groups is 2. The molecule has 1 heterocycles. The van der Waals surface area contributed by atoms with E-state index in [1.807, 2.05) is 24.3 Å². The minimum Gasteiger partial charge on any atom is -0.497 e. The van der Waals surface area contributed by atoms with Crippen LogP contribution in [-0.2, 0) is 16.0 Å². The summed E-state index contributed by atoms with van der Waals surface area (Å²) in [6, 6.07) is 16.0. The van der Waals surface area contributed by atoms with E-state index in [0.717, 1.165) is 11.0 Å². The third-order valence-corrected chi connectivity index (χ3v) is 4.10. The number of aromatic amines is 1. The van der Waals surface area contributed by atoms with E-state index in [4.69, 9.17) is 4.74 Å². The molecule has 0 aliphatic rings. The third kappa shape index (κ3) is 4.30. The van der Waals surface area contributed by atoms with Gasteiger partial charge in [0, 0.05) is 24.6 Å². The van der Waals surface area contributed by atoms with Gasteiger partial charge in [0.1, 0.15) is 11.6 Å². The van der Waals surface area contributed by atoms with Gasteiger partial charge >= 0.3 is 0 Å². The van der Waals surface area contributed by atoms with E-state index in [-0.39, 0.29) is 6.42 Å². The van der Waals surface area contributed by atoms with Crippen LogP contribution in [0.5, 0.6) is 5.75 Å². The highest BCUT2D eigenvalue weighted by atomic mass is 16.5. The van der Waals surface area contributed by atoms with Gasteiger partial charge < -0.3 is 15.0 Å². The van der Waals surface area contributed by atoms with Gasteiger partial charge in [-0.3, -0.25) is 9.59 Å². The zero-order valence-corrected chi connectivity index (χ0v) is 14.7. The number of hydrogen-bond donors (Lipinski definition) is 2. The normalized spacial score (nSPS) is 11.6. The van der Waals surface area contributed by atoms with E-state index in [0.29, 0.717) is 23.7 Å². The van der Waals surface area contributed by atoms with Crippen LogP contribution in [0.15, 0.2) is 48.5 Å². The number of hydrogen-bond acceptors (Lipinski definition) is 5. The number of ether oxygens (including phenoxy) is 1. The van der Waals surface area contributed by atoms with Crippen molar-refractivity contribution in [1.29, 1.82) is 5.26 Å². The van der Waals surface area contributed by atoms with Gasteiger partial charge in [0.2, 0.25) is 5.91 Å². The Balaban J connectivity index is 1.62. The lowest BCUT2D eigenvalue weighted by Gasteiger charge is -2.10. The molecule has 0 saturated heterocycles. The average molecular weight is 362 g/mol. The number of benzene rings is 2. The summed E-state index contributed by atoms with van der Waals surface area (Å²) in [6.45, 7) is 0. The number of anilines is 1. The standard InChI is InChI=1S/C20H18N4O3/c1-27-14-6-4-5-13(11-14)22-20(26)15(12-21)18(25)9-10-19-23-16-7-2-3-8-17(16)24-19/h2-8,11,15H,9-10H2,1H3,(H,22,26)(H,23,24). The van der Waals surface area contributed by atoms with Crippen molar-refractivity contribution >= 4 is 28.4 Å². The van der Waals surface area contributed by atoms with E-state index in [1.165, 1.54) is 7.11 Å². The second-order valence-electron chi connectivity index (χ2n) is 5.95. The molecule has 0 bridgehead atoms. The zero-order valence-electron chi connectivity index (χ0n) is 14.7. The van der Waals surface area contributed by atoms with E-state index < -0.39 is 17.6 Å². The van der Waals surface area contributed by atoms with Crippen LogP contribution in [0.1, 0.15) is 12.2 Å². The molecule has 2 N–H and O–H groups in total. The lowest BCUT2D eigenvalue weighted by molar-refractivity contribution is -0.128. The number of nitriles is 1. The van der Waals surface area contributed by atoms with Crippen molar-refractivity contribution in [2.75, 3.05) is 12.4 Å². The molecule has 0 aliphatic carbocycles. The van der Waals surface area contributed by atoms with E-state index in [1.54, 1.807) is 30.3 Å². The molecule has 1 amide bonds. The fraction of sp³-hybridized carbons (Fsp3) is 0.200. The number of para-hydroxylation sites is 2. The Kier molecular flexibility index (Phi) is 5.47. The number of imidazole rings is 1. The summed E-state index contributed by atoms with van der Waals surface area (Å²) in [4.78, 5) is 32.2. The van der Waals surface area contributed by atoms with Gasteiger partial charge in [0.25, 0.3) is 0 Å². The molecule has 0 aliphatic heterocycles. The first-order chi connectivity index (χ1) is 13.1. The van der Waals surface area contributed by atoms with Crippen molar-refractivity contribution in [2.45, 2.75) is 12.8 Å². The van der Waals surface area contributed by atoms with Crippen LogP contribution in [0.3, 0.4) is 0 Å². The number of rotatable bonds is 7. The smallest absolute Gasteiger partial charge is 0.249 e. The van der Waals surface area contributed by atoms with Crippen LogP contribution in [0.25, 0.3) is 11.0 Å². The van der Waals surface area contributed by atoms with Gasteiger partial charge in [0.15, 0.2) is 11.7 Å². The topological polar surface area (TPSA) is 108 Å². The zero-order chi connectivity index (χ0) is 19.2. The van der Waals surface area contributed by atoms with E-state index in [9.17, 15) is 14.9 Å². The summed E-state index contributed by atoms with van der Waals surface area (Å²) >= 11 is 0. The Morgan fingerprint density at radius 1 is 1.26 bits per heavy atom. The second-order valence-corrected chi connectivity index (χ2v) is 5.95. The highest BCUT2D eigenvalue weighted by Crippen LogP contribution is 2.18. The average Bonchev–Trinajstić information content (AvgIpc) is 3.10. The maximum Gasteiger partial charge on any atom is 0.249 e. The van der Waals surface area contributed by atoms with Crippen molar-refractivity contribution < 1.29 is 14.3 Å². The summed E-state index contributed by atoms with van der Waals surface area (Å²) in [6.07, 6.45) is 0.377. The molecular formula is C20H18N4O3. The maximum atomic E-state index is 12.4. The summed E-state index contributed by atoms with van der Waals surface area (Å²) in [7, 11) is 1.51.